The monoisotopic (exact) mass is 399 g/mol. The van der Waals surface area contributed by atoms with Gasteiger partial charge >= 0.3 is 0 Å². The van der Waals surface area contributed by atoms with E-state index >= 15 is 0 Å². The van der Waals surface area contributed by atoms with E-state index < -0.39 is 5.91 Å². The van der Waals surface area contributed by atoms with E-state index in [0.717, 1.165) is 5.56 Å². The molecule has 7 nitrogen and oxygen atoms in total. The average molecular weight is 399 g/mol. The Hall–Kier alpha value is -3.23. The van der Waals surface area contributed by atoms with Crippen LogP contribution in [-0.4, -0.2) is 42.3 Å². The molecular weight excluding hydrogens is 378 g/mol. The number of hydrogen-bond acceptors (Lipinski definition) is 5. The minimum Gasteiger partial charge on any atom is -0.496 e. The fourth-order valence-electron chi connectivity index (χ4n) is 2.33. The van der Waals surface area contributed by atoms with Gasteiger partial charge in [-0.25, -0.2) is 0 Å². The van der Waals surface area contributed by atoms with E-state index in [-0.39, 0.29) is 24.2 Å². The van der Waals surface area contributed by atoms with Crippen molar-refractivity contribution in [3.05, 3.63) is 65.7 Å². The summed E-state index contributed by atoms with van der Waals surface area (Å²) in [6, 6.07) is 14.0. The molecule has 0 heterocycles. The second kappa shape index (κ2) is 10.8. The molecule has 0 bridgehead atoms. The molecule has 0 aliphatic carbocycles. The first-order valence-corrected chi connectivity index (χ1v) is 8.87. The van der Waals surface area contributed by atoms with Crippen molar-refractivity contribution in [1.29, 1.82) is 0 Å². The Morgan fingerprint density at radius 1 is 1.14 bits per heavy atom. The summed E-state index contributed by atoms with van der Waals surface area (Å²) in [5, 5.41) is 16.8. The van der Waals surface area contributed by atoms with Crippen molar-refractivity contribution in [3.8, 4) is 5.75 Å². The summed E-state index contributed by atoms with van der Waals surface area (Å²) in [5.41, 5.74) is 1.54. The zero-order valence-electron chi connectivity index (χ0n) is 15.3. The van der Waals surface area contributed by atoms with Crippen molar-refractivity contribution in [2.45, 2.75) is 0 Å². The van der Waals surface area contributed by atoms with Gasteiger partial charge < -0.3 is 20.5 Å². The molecule has 0 aliphatic rings. The summed E-state index contributed by atoms with van der Waals surface area (Å²) < 4.78 is 5.23. The molecule has 0 saturated heterocycles. The van der Waals surface area contributed by atoms with Crippen LogP contribution >= 0.6 is 12.2 Å². The molecule has 2 rings (SSSR count). The van der Waals surface area contributed by atoms with Crippen LogP contribution in [0.5, 0.6) is 5.75 Å². The second-order valence-electron chi connectivity index (χ2n) is 5.54. The Bertz CT molecular complexity index is 883. The molecule has 2 aromatic carbocycles. The van der Waals surface area contributed by atoms with E-state index in [2.05, 4.69) is 16.0 Å². The first kappa shape index (κ1) is 21.1. The number of amides is 2. The third-order valence-corrected chi connectivity index (χ3v) is 3.81. The van der Waals surface area contributed by atoms with Crippen molar-refractivity contribution in [3.63, 3.8) is 0 Å². The van der Waals surface area contributed by atoms with E-state index in [9.17, 15) is 9.59 Å². The Balaban J connectivity index is 1.99. The van der Waals surface area contributed by atoms with Gasteiger partial charge in [0.25, 0.3) is 5.91 Å². The summed E-state index contributed by atoms with van der Waals surface area (Å²) in [6.07, 6.45) is 2.96. The number of benzene rings is 2. The van der Waals surface area contributed by atoms with E-state index in [4.69, 9.17) is 22.1 Å². The normalized spacial score (nSPS) is 10.4. The zero-order valence-corrected chi connectivity index (χ0v) is 16.1. The molecule has 2 aromatic rings. The first-order valence-electron chi connectivity index (χ1n) is 8.46. The van der Waals surface area contributed by atoms with Gasteiger partial charge in [0.15, 0.2) is 5.11 Å². The van der Waals surface area contributed by atoms with Crippen LogP contribution in [0.1, 0.15) is 15.9 Å². The fraction of sp³-hybridized carbons (Fsp3) is 0.150. The molecule has 0 aromatic heterocycles. The Kier molecular flexibility index (Phi) is 8.13. The third-order valence-electron chi connectivity index (χ3n) is 3.61. The van der Waals surface area contributed by atoms with Gasteiger partial charge in [0.1, 0.15) is 5.75 Å². The van der Waals surface area contributed by atoms with Gasteiger partial charge in [0, 0.05) is 18.2 Å². The predicted octanol–water partition coefficient (Wildman–Crippen LogP) is 1.94. The highest BCUT2D eigenvalue weighted by Gasteiger charge is 2.12. The van der Waals surface area contributed by atoms with Crippen LogP contribution in [-0.2, 0) is 4.79 Å². The summed E-state index contributed by atoms with van der Waals surface area (Å²) >= 11 is 5.15. The van der Waals surface area contributed by atoms with Crippen molar-refractivity contribution in [2.75, 3.05) is 25.6 Å². The number of anilines is 1. The molecule has 0 fully saturated rings. The average Bonchev–Trinajstić information content (AvgIpc) is 2.71. The van der Waals surface area contributed by atoms with Crippen molar-refractivity contribution in [1.82, 2.24) is 10.6 Å². The molecule has 8 heteroatoms. The second-order valence-corrected chi connectivity index (χ2v) is 5.95. The number of methoxy groups -OCH3 is 1. The number of aliphatic hydroxyl groups excluding tert-OH is 1. The number of rotatable bonds is 7. The molecule has 28 heavy (non-hydrogen) atoms. The van der Waals surface area contributed by atoms with Crippen LogP contribution in [0.25, 0.3) is 6.08 Å². The minimum atomic E-state index is -0.425. The molecule has 2 amide bonds. The van der Waals surface area contributed by atoms with E-state index in [1.165, 1.54) is 6.08 Å². The highest BCUT2D eigenvalue weighted by atomic mass is 32.1. The van der Waals surface area contributed by atoms with E-state index in [1.807, 2.05) is 18.2 Å². The van der Waals surface area contributed by atoms with Gasteiger partial charge in [-0.2, -0.15) is 0 Å². The van der Waals surface area contributed by atoms with Crippen LogP contribution < -0.4 is 20.7 Å². The number of nitrogens with one attached hydrogen (secondary N) is 3. The van der Waals surface area contributed by atoms with Gasteiger partial charge in [-0.1, -0.05) is 30.3 Å². The maximum absolute atomic E-state index is 12.1. The number of carbonyl (C=O) groups is 2. The third kappa shape index (κ3) is 6.19. The van der Waals surface area contributed by atoms with Gasteiger partial charge in [-0.3, -0.25) is 14.9 Å². The number of aliphatic hydroxyl groups is 1. The predicted molar refractivity (Wildman–Crippen MR) is 112 cm³/mol. The molecule has 0 spiro atoms. The lowest BCUT2D eigenvalue weighted by Crippen LogP contribution is -2.34. The fourth-order valence-corrected chi connectivity index (χ4v) is 2.54. The molecular formula is C20H21N3O4S. The van der Waals surface area contributed by atoms with Gasteiger partial charge in [0.2, 0.25) is 5.91 Å². The summed E-state index contributed by atoms with van der Waals surface area (Å²) in [6.45, 7) is -0.0174. The van der Waals surface area contributed by atoms with Gasteiger partial charge in [0.05, 0.1) is 25.0 Å². The molecule has 0 atom stereocenters. The van der Waals surface area contributed by atoms with Crippen LogP contribution in [0, 0.1) is 0 Å². The molecule has 0 aliphatic heterocycles. The molecule has 0 saturated carbocycles. The Labute approximate surface area is 168 Å². The molecule has 4 N–H and O–H groups in total. The van der Waals surface area contributed by atoms with Crippen LogP contribution in [0.2, 0.25) is 0 Å². The first-order chi connectivity index (χ1) is 13.5. The highest BCUT2D eigenvalue weighted by molar-refractivity contribution is 7.80. The summed E-state index contributed by atoms with van der Waals surface area (Å²) in [7, 11) is 1.56. The summed E-state index contributed by atoms with van der Waals surface area (Å²) in [4.78, 5) is 24.2. The molecule has 0 radical (unpaired) electrons. The van der Waals surface area contributed by atoms with E-state index in [0.29, 0.717) is 17.0 Å². The van der Waals surface area contributed by atoms with Crippen LogP contribution in [0.15, 0.2) is 54.6 Å². The van der Waals surface area contributed by atoms with Gasteiger partial charge in [-0.05, 0) is 36.5 Å². The lowest BCUT2D eigenvalue weighted by Gasteiger charge is -2.12. The van der Waals surface area contributed by atoms with Crippen molar-refractivity contribution in [2.24, 2.45) is 0 Å². The van der Waals surface area contributed by atoms with E-state index in [1.54, 1.807) is 43.5 Å². The number of ether oxygens (including phenoxy) is 1. The van der Waals surface area contributed by atoms with Gasteiger partial charge in [-0.15, -0.1) is 0 Å². The Morgan fingerprint density at radius 2 is 1.86 bits per heavy atom. The lowest BCUT2D eigenvalue weighted by atomic mass is 10.1. The van der Waals surface area contributed by atoms with Crippen LogP contribution in [0.3, 0.4) is 0 Å². The number of thiocarbonyl (C=S) groups is 1. The molecule has 146 valence electrons. The molecule has 0 unspecified atom stereocenters. The largest absolute Gasteiger partial charge is 0.496 e. The van der Waals surface area contributed by atoms with Crippen LogP contribution in [0.4, 0.5) is 5.69 Å². The zero-order chi connectivity index (χ0) is 20.4. The topological polar surface area (TPSA) is 99.7 Å². The lowest BCUT2D eigenvalue weighted by molar-refractivity contribution is -0.115. The van der Waals surface area contributed by atoms with Crippen molar-refractivity contribution >= 4 is 40.9 Å². The maximum Gasteiger partial charge on any atom is 0.253 e. The van der Waals surface area contributed by atoms with Crippen molar-refractivity contribution < 1.29 is 19.4 Å². The quantitative estimate of drug-likeness (QED) is 0.420. The number of hydrogen-bond donors (Lipinski definition) is 4. The minimum absolute atomic E-state index is 0.0529. The SMILES string of the molecule is COc1ccccc1/C=C/C(=O)NC(=S)Nc1ccccc1C(=O)NCCO. The smallest absolute Gasteiger partial charge is 0.253 e. The highest BCUT2D eigenvalue weighted by Crippen LogP contribution is 2.18. The Morgan fingerprint density at radius 3 is 2.61 bits per heavy atom. The summed E-state index contributed by atoms with van der Waals surface area (Å²) in [5.74, 6) is -0.136. The number of carbonyl (C=O) groups excluding carboxylic acids is 2. The standard InChI is InChI=1S/C20H21N3O4S/c1-27-17-9-5-2-6-14(17)10-11-18(25)23-20(28)22-16-8-4-3-7-15(16)19(26)21-12-13-24/h2-11,24H,12-13H2,1H3,(H,21,26)(H2,22,23,25,28)/b11-10+. The number of para-hydroxylation sites is 2. The maximum atomic E-state index is 12.1.